The van der Waals surface area contributed by atoms with Gasteiger partial charge >= 0.3 is 5.97 Å². The first-order valence-corrected chi connectivity index (χ1v) is 7.24. The van der Waals surface area contributed by atoms with Crippen LogP contribution in [-0.4, -0.2) is 42.9 Å². The summed E-state index contributed by atoms with van der Waals surface area (Å²) in [5.41, 5.74) is -0.0427. The molecule has 1 saturated heterocycles. The summed E-state index contributed by atoms with van der Waals surface area (Å²) in [6.07, 6.45) is 0.661. The van der Waals surface area contributed by atoms with E-state index in [9.17, 15) is 18.4 Å². The van der Waals surface area contributed by atoms with Gasteiger partial charge in [-0.15, -0.1) is 0 Å². The SMILES string of the molecule is COC(=O)c1ccc(C(=O)N2CCC3(CC2)CC3(F)F)cc1. The maximum atomic E-state index is 13.3. The predicted molar refractivity (Wildman–Crippen MR) is 74.9 cm³/mol. The molecule has 118 valence electrons. The number of piperidine rings is 1. The maximum absolute atomic E-state index is 13.3. The molecule has 2 aliphatic rings. The molecule has 1 aliphatic carbocycles. The van der Waals surface area contributed by atoms with Gasteiger partial charge < -0.3 is 9.64 Å². The fourth-order valence-corrected chi connectivity index (χ4v) is 3.11. The first kappa shape index (κ1) is 14.9. The van der Waals surface area contributed by atoms with Crippen LogP contribution in [0.5, 0.6) is 0 Å². The Bertz CT molecular complexity index is 604. The van der Waals surface area contributed by atoms with Crippen molar-refractivity contribution in [3.8, 4) is 0 Å². The minimum Gasteiger partial charge on any atom is -0.465 e. The van der Waals surface area contributed by atoms with Crippen LogP contribution in [0.2, 0.25) is 0 Å². The Kier molecular flexibility index (Phi) is 3.42. The number of hydrogen-bond acceptors (Lipinski definition) is 3. The van der Waals surface area contributed by atoms with Gasteiger partial charge in [-0.3, -0.25) is 4.79 Å². The first-order valence-electron chi connectivity index (χ1n) is 7.24. The van der Waals surface area contributed by atoms with Gasteiger partial charge in [0.2, 0.25) is 0 Å². The first-order chi connectivity index (χ1) is 10.4. The van der Waals surface area contributed by atoms with E-state index in [0.29, 0.717) is 37.1 Å². The van der Waals surface area contributed by atoms with Gasteiger partial charge in [0.25, 0.3) is 11.8 Å². The van der Waals surface area contributed by atoms with E-state index in [0.717, 1.165) is 0 Å². The fourth-order valence-electron chi connectivity index (χ4n) is 3.11. The number of carbonyl (C=O) groups excluding carboxylic acids is 2. The van der Waals surface area contributed by atoms with Crippen LogP contribution in [0, 0.1) is 5.41 Å². The Balaban J connectivity index is 1.64. The summed E-state index contributed by atoms with van der Waals surface area (Å²) >= 11 is 0. The molecule has 22 heavy (non-hydrogen) atoms. The summed E-state index contributed by atoms with van der Waals surface area (Å²) in [4.78, 5) is 25.3. The van der Waals surface area contributed by atoms with Crippen molar-refractivity contribution >= 4 is 11.9 Å². The van der Waals surface area contributed by atoms with Crippen molar-refractivity contribution in [3.05, 3.63) is 35.4 Å². The topological polar surface area (TPSA) is 46.6 Å². The summed E-state index contributed by atoms with van der Waals surface area (Å²) in [5.74, 6) is -3.20. The van der Waals surface area contributed by atoms with Gasteiger partial charge in [-0.1, -0.05) is 0 Å². The maximum Gasteiger partial charge on any atom is 0.337 e. The summed E-state index contributed by atoms with van der Waals surface area (Å²) in [6, 6.07) is 6.18. The van der Waals surface area contributed by atoms with Crippen LogP contribution >= 0.6 is 0 Å². The van der Waals surface area contributed by atoms with Crippen molar-refractivity contribution in [2.24, 2.45) is 5.41 Å². The highest BCUT2D eigenvalue weighted by Crippen LogP contribution is 2.65. The standard InChI is InChI=1S/C16H17F2NO3/c1-22-14(21)12-4-2-11(3-5-12)13(20)19-8-6-15(7-9-19)10-16(15,17)18/h2-5H,6-10H2,1H3. The zero-order valence-corrected chi connectivity index (χ0v) is 12.3. The molecule has 1 amide bonds. The number of methoxy groups -OCH3 is 1. The van der Waals surface area contributed by atoms with E-state index in [4.69, 9.17) is 0 Å². The van der Waals surface area contributed by atoms with E-state index < -0.39 is 17.3 Å². The lowest BCUT2D eigenvalue weighted by molar-refractivity contribution is 0.0284. The Morgan fingerprint density at radius 1 is 1.09 bits per heavy atom. The van der Waals surface area contributed by atoms with Crippen LogP contribution in [0.1, 0.15) is 40.0 Å². The van der Waals surface area contributed by atoms with E-state index in [2.05, 4.69) is 4.74 Å². The zero-order chi connectivity index (χ0) is 16.0. The van der Waals surface area contributed by atoms with Crippen LogP contribution in [0.25, 0.3) is 0 Å². The van der Waals surface area contributed by atoms with Crippen LogP contribution in [0.3, 0.4) is 0 Å². The van der Waals surface area contributed by atoms with Crippen molar-refractivity contribution in [1.29, 1.82) is 0 Å². The van der Waals surface area contributed by atoms with Crippen molar-refractivity contribution < 1.29 is 23.1 Å². The Morgan fingerprint density at radius 3 is 2.05 bits per heavy atom. The normalized spacial score (nSPS) is 21.5. The van der Waals surface area contributed by atoms with E-state index in [1.807, 2.05) is 0 Å². The summed E-state index contributed by atoms with van der Waals surface area (Å²) in [5, 5.41) is 0. The second-order valence-electron chi connectivity index (χ2n) is 6.02. The van der Waals surface area contributed by atoms with Crippen molar-refractivity contribution in [3.63, 3.8) is 0 Å². The molecule has 1 aromatic rings. The number of benzene rings is 1. The third kappa shape index (κ3) is 2.36. The number of esters is 1. The second kappa shape index (κ2) is 5.04. The third-order valence-corrected chi connectivity index (χ3v) is 4.77. The molecule has 1 aromatic carbocycles. The second-order valence-corrected chi connectivity index (χ2v) is 6.02. The molecule has 0 unspecified atom stereocenters. The predicted octanol–water partition coefficient (Wildman–Crippen LogP) is 2.73. The zero-order valence-electron chi connectivity index (χ0n) is 12.3. The largest absolute Gasteiger partial charge is 0.465 e. The van der Waals surface area contributed by atoms with E-state index >= 15 is 0 Å². The molecule has 1 saturated carbocycles. The lowest BCUT2D eigenvalue weighted by atomic mass is 9.92. The molecule has 2 fully saturated rings. The molecule has 0 radical (unpaired) electrons. The van der Waals surface area contributed by atoms with Gasteiger partial charge in [-0.05, 0) is 37.1 Å². The van der Waals surface area contributed by atoms with Crippen molar-refractivity contribution in [1.82, 2.24) is 4.90 Å². The van der Waals surface area contributed by atoms with Crippen LogP contribution in [-0.2, 0) is 4.74 Å². The third-order valence-electron chi connectivity index (χ3n) is 4.77. The number of ether oxygens (including phenoxy) is 1. The molecule has 0 bridgehead atoms. The smallest absolute Gasteiger partial charge is 0.337 e. The van der Waals surface area contributed by atoms with Crippen molar-refractivity contribution in [2.45, 2.75) is 25.2 Å². The Morgan fingerprint density at radius 2 is 1.59 bits per heavy atom. The molecule has 6 heteroatoms. The van der Waals surface area contributed by atoms with Crippen LogP contribution in [0.15, 0.2) is 24.3 Å². The number of nitrogens with zero attached hydrogens (tertiary/aromatic N) is 1. The van der Waals surface area contributed by atoms with Crippen molar-refractivity contribution in [2.75, 3.05) is 20.2 Å². The minimum atomic E-state index is -2.55. The Labute approximate surface area is 127 Å². The molecule has 3 rings (SSSR count). The number of hydrogen-bond donors (Lipinski definition) is 0. The van der Waals surface area contributed by atoms with Gasteiger partial charge in [-0.2, -0.15) is 0 Å². The molecule has 1 aliphatic heterocycles. The highest BCUT2D eigenvalue weighted by molar-refractivity contribution is 5.96. The number of amides is 1. The average Bonchev–Trinajstić information content (AvgIpc) is 3.06. The highest BCUT2D eigenvalue weighted by atomic mass is 19.3. The average molecular weight is 309 g/mol. The van der Waals surface area contributed by atoms with Gasteiger partial charge in [0.05, 0.1) is 12.7 Å². The van der Waals surface area contributed by atoms with E-state index in [1.165, 1.54) is 19.2 Å². The summed E-state index contributed by atoms with van der Waals surface area (Å²) in [7, 11) is 1.29. The molecule has 0 N–H and O–H groups in total. The van der Waals surface area contributed by atoms with Gasteiger partial charge in [-0.25, -0.2) is 13.6 Å². The van der Waals surface area contributed by atoms with Gasteiger partial charge in [0.1, 0.15) is 0 Å². The van der Waals surface area contributed by atoms with Crippen LogP contribution < -0.4 is 0 Å². The number of rotatable bonds is 2. The lowest BCUT2D eigenvalue weighted by Gasteiger charge is -2.32. The monoisotopic (exact) mass is 309 g/mol. The summed E-state index contributed by atoms with van der Waals surface area (Å²) in [6.45, 7) is 0.709. The highest BCUT2D eigenvalue weighted by Gasteiger charge is 2.70. The number of halogens is 2. The number of carbonyl (C=O) groups is 2. The molecule has 0 atom stereocenters. The lowest BCUT2D eigenvalue weighted by Crippen LogP contribution is -2.40. The minimum absolute atomic E-state index is 0.0458. The van der Waals surface area contributed by atoms with E-state index in [-0.39, 0.29) is 12.3 Å². The number of alkyl halides is 2. The molecular formula is C16H17F2NO3. The molecular weight excluding hydrogens is 292 g/mol. The molecule has 0 aromatic heterocycles. The molecule has 1 heterocycles. The quantitative estimate of drug-likeness (QED) is 0.789. The van der Waals surface area contributed by atoms with Crippen LogP contribution in [0.4, 0.5) is 8.78 Å². The molecule has 4 nitrogen and oxygen atoms in total. The van der Waals surface area contributed by atoms with E-state index in [1.54, 1.807) is 17.0 Å². The van der Waals surface area contributed by atoms with Gasteiger partial charge in [0.15, 0.2) is 0 Å². The molecule has 1 spiro atoms. The Hall–Kier alpha value is -1.98. The summed E-state index contributed by atoms with van der Waals surface area (Å²) < 4.78 is 31.3. The van der Waals surface area contributed by atoms with Gasteiger partial charge in [0, 0.05) is 30.5 Å². The fraction of sp³-hybridized carbons (Fsp3) is 0.500. The number of likely N-dealkylation sites (tertiary alicyclic amines) is 1.